The Morgan fingerprint density at radius 1 is 1.82 bits per heavy atom. The summed E-state index contributed by atoms with van der Waals surface area (Å²) in [5.41, 5.74) is 4.97. The van der Waals surface area contributed by atoms with Crippen LogP contribution in [0.2, 0.25) is 0 Å². The van der Waals surface area contributed by atoms with E-state index < -0.39 is 5.56 Å². The van der Waals surface area contributed by atoms with Crippen LogP contribution in [0.5, 0.6) is 0 Å². The van der Waals surface area contributed by atoms with Gasteiger partial charge in [-0.3, -0.25) is 4.79 Å². The summed E-state index contributed by atoms with van der Waals surface area (Å²) >= 11 is 7.26. The lowest BCUT2D eigenvalue weighted by atomic mass is 10.5. The van der Waals surface area contributed by atoms with Crippen molar-refractivity contribution in [3.05, 3.63) is 16.7 Å². The van der Waals surface area contributed by atoms with Crippen LogP contribution in [0.4, 0.5) is 11.5 Å². The molecule has 1 heterocycles. The minimum atomic E-state index is -0.391. The zero-order valence-electron chi connectivity index (χ0n) is 5.21. The van der Waals surface area contributed by atoms with E-state index in [2.05, 4.69) is 9.97 Å². The summed E-state index contributed by atoms with van der Waals surface area (Å²) in [6, 6.07) is 0. The van der Waals surface area contributed by atoms with E-state index in [4.69, 9.17) is 17.5 Å². The van der Waals surface area contributed by atoms with Crippen LogP contribution in [0.1, 0.15) is 0 Å². The van der Waals surface area contributed by atoms with E-state index in [0.717, 1.165) is 2.63 Å². The Balaban J connectivity index is 3.28. The number of nitrogens with zero attached hydrogens (tertiary/aromatic N) is 2. The number of H-pyrrole nitrogens is 1. The molecule has 0 aliphatic heterocycles. The molecule has 0 aliphatic rings. The van der Waals surface area contributed by atoms with Crippen molar-refractivity contribution >= 4 is 46.1 Å². The van der Waals surface area contributed by atoms with Crippen molar-refractivity contribution in [1.29, 1.82) is 0 Å². The predicted octanol–water partition coefficient (Wildman–Crippen LogP) is 0.662. The summed E-state index contributed by atoms with van der Waals surface area (Å²) in [6.45, 7) is 0. The van der Waals surface area contributed by atoms with Gasteiger partial charge in [-0.05, 0) is 0 Å². The van der Waals surface area contributed by atoms with Crippen LogP contribution in [-0.4, -0.2) is 9.97 Å². The average Bonchev–Trinajstić information content (AvgIpc) is 1.94. The molecule has 0 fully saturated rings. The monoisotopic (exact) mass is 286 g/mol. The first-order chi connectivity index (χ1) is 5.13. The Morgan fingerprint density at radius 2 is 2.45 bits per heavy atom. The summed E-state index contributed by atoms with van der Waals surface area (Å²) < 4.78 is 1.13. The summed E-state index contributed by atoms with van der Waals surface area (Å²) in [4.78, 5) is 16.9. The van der Waals surface area contributed by atoms with E-state index in [1.165, 1.54) is 6.33 Å². The number of nitrogen functional groups attached to an aromatic ring is 1. The molecule has 0 saturated carbocycles. The molecular formula is C4H4ClIN4O. The molecule has 0 atom stereocenters. The summed E-state index contributed by atoms with van der Waals surface area (Å²) in [5.74, 6) is 0.246. The number of nitrogens with one attached hydrogen (secondary N) is 1. The third-order valence-corrected chi connectivity index (χ3v) is 1.65. The first kappa shape index (κ1) is 8.60. The summed E-state index contributed by atoms with van der Waals surface area (Å²) in [5, 5.41) is 0. The number of rotatable bonds is 1. The molecule has 1 aromatic heterocycles. The molecule has 11 heavy (non-hydrogen) atoms. The summed E-state index contributed by atoms with van der Waals surface area (Å²) in [7, 11) is 0. The number of hydrogen-bond acceptors (Lipinski definition) is 4. The van der Waals surface area contributed by atoms with E-state index in [9.17, 15) is 4.79 Å². The molecule has 1 aromatic rings. The number of aromatic amines is 1. The van der Waals surface area contributed by atoms with Gasteiger partial charge in [0.2, 0.25) is 0 Å². The van der Waals surface area contributed by atoms with Crippen molar-refractivity contribution in [2.75, 3.05) is 8.37 Å². The number of anilines is 2. The maximum atomic E-state index is 10.8. The smallest absolute Gasteiger partial charge is 0.276 e. The Labute approximate surface area is 81.2 Å². The molecule has 0 bridgehead atoms. The molecule has 0 unspecified atom stereocenters. The second kappa shape index (κ2) is 3.26. The normalized spacial score (nSPS) is 9.64. The third-order valence-electron chi connectivity index (χ3n) is 1.03. The van der Waals surface area contributed by atoms with Gasteiger partial charge in [0.25, 0.3) is 5.56 Å². The molecule has 0 amide bonds. The lowest BCUT2D eigenvalue weighted by Crippen LogP contribution is -2.15. The van der Waals surface area contributed by atoms with Gasteiger partial charge in [-0.2, -0.15) is 0 Å². The van der Waals surface area contributed by atoms with Gasteiger partial charge in [0.15, 0.2) is 5.82 Å². The average molecular weight is 286 g/mol. The largest absolute Gasteiger partial charge is 0.391 e. The van der Waals surface area contributed by atoms with E-state index in [1.807, 2.05) is 0 Å². The van der Waals surface area contributed by atoms with E-state index in [0.29, 0.717) is 0 Å². The maximum Gasteiger partial charge on any atom is 0.276 e. The highest BCUT2D eigenvalue weighted by Gasteiger charge is 2.07. The quantitative estimate of drug-likeness (QED) is 0.587. The van der Waals surface area contributed by atoms with Crippen LogP contribution in [0.3, 0.4) is 0 Å². The van der Waals surface area contributed by atoms with E-state index in [1.54, 1.807) is 22.9 Å². The van der Waals surface area contributed by atoms with Gasteiger partial charge in [0, 0.05) is 11.8 Å². The van der Waals surface area contributed by atoms with Gasteiger partial charge in [-0.15, -0.1) is 0 Å². The van der Waals surface area contributed by atoms with Crippen LogP contribution < -0.4 is 13.9 Å². The van der Waals surface area contributed by atoms with Gasteiger partial charge in [-0.1, -0.05) is 0 Å². The van der Waals surface area contributed by atoms with Crippen LogP contribution in [0.25, 0.3) is 0 Å². The number of nitrogens with two attached hydrogens (primary N) is 1. The number of hydrogen-bond donors (Lipinski definition) is 2. The van der Waals surface area contributed by atoms with Crippen molar-refractivity contribution in [2.24, 2.45) is 0 Å². The van der Waals surface area contributed by atoms with Crippen molar-refractivity contribution in [3.8, 4) is 0 Å². The van der Waals surface area contributed by atoms with Gasteiger partial charge in [0.05, 0.1) is 29.2 Å². The maximum absolute atomic E-state index is 10.8. The topological polar surface area (TPSA) is 75.0 Å². The number of halogens is 2. The van der Waals surface area contributed by atoms with Gasteiger partial charge >= 0.3 is 0 Å². The number of aromatic nitrogens is 2. The van der Waals surface area contributed by atoms with Crippen LogP contribution >= 0.6 is 34.6 Å². The van der Waals surface area contributed by atoms with E-state index in [-0.39, 0.29) is 11.5 Å². The fraction of sp³-hybridized carbons (Fsp3) is 0. The van der Waals surface area contributed by atoms with Crippen molar-refractivity contribution in [3.63, 3.8) is 0 Å². The third kappa shape index (κ3) is 1.74. The van der Waals surface area contributed by atoms with Crippen molar-refractivity contribution in [1.82, 2.24) is 9.97 Å². The molecular weight excluding hydrogens is 282 g/mol. The van der Waals surface area contributed by atoms with Crippen LogP contribution in [0.15, 0.2) is 11.1 Å². The zero-order chi connectivity index (χ0) is 8.43. The van der Waals surface area contributed by atoms with Gasteiger partial charge in [-0.25, -0.2) is 7.62 Å². The second-order valence-corrected chi connectivity index (χ2v) is 3.58. The fourth-order valence-corrected chi connectivity index (χ4v) is 1.05. The van der Waals surface area contributed by atoms with Crippen molar-refractivity contribution < 1.29 is 0 Å². The minimum Gasteiger partial charge on any atom is -0.391 e. The fourth-order valence-electron chi connectivity index (χ4n) is 0.536. The first-order valence-electron chi connectivity index (χ1n) is 2.57. The zero-order valence-corrected chi connectivity index (χ0v) is 8.13. The predicted molar refractivity (Wildman–Crippen MR) is 51.6 cm³/mol. The van der Waals surface area contributed by atoms with Crippen LogP contribution in [0, 0.1) is 0 Å². The highest BCUT2D eigenvalue weighted by Crippen LogP contribution is 2.20. The molecule has 0 aliphatic carbocycles. The molecule has 0 spiro atoms. The minimum absolute atomic E-state index is 0.0110. The Hall–Kier alpha value is -0.500. The Kier molecular flexibility index (Phi) is 2.55. The highest BCUT2D eigenvalue weighted by molar-refractivity contribution is 14.1. The molecule has 0 radical (unpaired) electrons. The molecule has 7 heteroatoms. The van der Waals surface area contributed by atoms with Crippen LogP contribution in [-0.2, 0) is 0 Å². The molecule has 0 saturated heterocycles. The molecule has 5 nitrogen and oxygen atoms in total. The SMILES string of the molecule is Nc1c(N(Cl)I)nc[nH]c1=O. The molecule has 0 aromatic carbocycles. The Bertz CT molecular complexity index is 311. The van der Waals surface area contributed by atoms with E-state index >= 15 is 0 Å². The van der Waals surface area contributed by atoms with Gasteiger partial charge < -0.3 is 10.7 Å². The lowest BCUT2D eigenvalue weighted by Gasteiger charge is -2.05. The van der Waals surface area contributed by atoms with Gasteiger partial charge in [0.1, 0.15) is 5.69 Å². The second-order valence-electron chi connectivity index (χ2n) is 1.70. The lowest BCUT2D eigenvalue weighted by molar-refractivity contribution is 1.13. The first-order valence-corrected chi connectivity index (χ1v) is 3.88. The highest BCUT2D eigenvalue weighted by atomic mass is 127. The molecule has 1 rings (SSSR count). The van der Waals surface area contributed by atoms with Crippen molar-refractivity contribution in [2.45, 2.75) is 0 Å². The standard InChI is InChI=1S/C4H4ClIN4O/c5-10(6)3-2(7)4(11)9-1-8-3/h1H,7H2,(H,8,9,11). The molecule has 3 N–H and O–H groups in total. The summed E-state index contributed by atoms with van der Waals surface area (Å²) in [6.07, 6.45) is 1.24. The molecule has 60 valence electrons. The Morgan fingerprint density at radius 3 is 2.91 bits per heavy atom.